The maximum absolute atomic E-state index is 5.72. The summed E-state index contributed by atoms with van der Waals surface area (Å²) in [5.41, 5.74) is 24.0. The molecule has 25 aromatic rings. The van der Waals surface area contributed by atoms with E-state index in [-0.39, 0.29) is 63.2 Å². The number of benzene rings is 12. The molecule has 0 saturated heterocycles. The van der Waals surface area contributed by atoms with E-state index in [4.69, 9.17) is 23.8 Å². The molecule has 23 heteroatoms. The topological polar surface area (TPSA) is 170 Å². The van der Waals surface area contributed by atoms with Crippen LogP contribution in [0.5, 0.6) is 0 Å². The molecule has 0 N–H and O–H groups in total. The number of thiazole rings is 5. The third kappa shape index (κ3) is 15.1. The number of fused-ring (bicyclic) bond motifs is 12. The largest absolute Gasteiger partial charge is 2.00 e. The van der Waals surface area contributed by atoms with Crippen LogP contribution >= 0.6 is 56.7 Å². The van der Waals surface area contributed by atoms with E-state index in [9.17, 15) is 0 Å². The van der Waals surface area contributed by atoms with Crippen LogP contribution in [0.15, 0.2) is 342 Å². The molecule has 13 aromatic heterocycles. The molecule has 13 heterocycles. The van der Waals surface area contributed by atoms with Crippen LogP contribution in [-0.4, -0.2) is 63.5 Å². The number of pyridine rings is 3. The summed E-state index contributed by atoms with van der Waals surface area (Å²) in [6.45, 7) is 0. The minimum Gasteiger partial charge on any atom is -0.446 e. The molecule has 0 aliphatic rings. The van der Waals surface area contributed by atoms with Gasteiger partial charge in [-0.2, -0.15) is 34.0 Å². The summed E-state index contributed by atoms with van der Waals surface area (Å²) in [6.07, 6.45) is 15.6. The molecule has 25 rings (SSSR count). The van der Waals surface area contributed by atoms with Crippen molar-refractivity contribution in [1.29, 1.82) is 0 Å². The number of hydrogen-bond donors (Lipinski definition) is 0. The van der Waals surface area contributed by atoms with E-state index in [0.29, 0.717) is 11.8 Å². The molecule has 0 bridgehead atoms. The molecule has 0 aliphatic heterocycles. The van der Waals surface area contributed by atoms with Crippen LogP contribution in [0.3, 0.4) is 0 Å². The zero-order valence-electron chi connectivity index (χ0n) is 64.9. The fourth-order valence-corrected chi connectivity index (χ4v) is 20.0. The first-order chi connectivity index (χ1) is 60.4. The SMILES string of the molecule is [Pt+2].[Pt+2].[Pt+2].[c-]1c(-c2ccccn2)cc(-c2ncco2)cc1-n1c2[c-]c(-c3nc4ccc(-c5ncco5)cc4s3)ccc2c2ccccc21.[c-]1c(-c2ccccn2)cccc1-n1c2[c-]c(-c3nc4ccccc4s3)ccc2c2c(-c3nccs3)cccc21.[c-]1c(-c2ccccn2)cccc1-n1c2[c-]c(-c3nc4ccccc4s3)ccc2c2cc(-c3nccs3)ccc21. The van der Waals surface area contributed by atoms with Crippen LogP contribution in [0.25, 0.3) is 223 Å². The molecule has 0 aliphatic carbocycles. The van der Waals surface area contributed by atoms with Crippen molar-refractivity contribution in [3.05, 3.63) is 370 Å². The van der Waals surface area contributed by atoms with Gasteiger partial charge in [0.25, 0.3) is 0 Å². The molecule has 0 saturated carbocycles. The third-order valence-electron chi connectivity index (χ3n) is 21.3. The molecular formula is C102H55N13O2Pt3S5. The van der Waals surface area contributed by atoms with Gasteiger partial charge in [-0.1, -0.05) is 113 Å². The van der Waals surface area contributed by atoms with Gasteiger partial charge in [0, 0.05) is 104 Å². The van der Waals surface area contributed by atoms with Crippen LogP contribution < -0.4 is 0 Å². The van der Waals surface area contributed by atoms with Crippen LogP contribution in [0.1, 0.15) is 0 Å². The van der Waals surface area contributed by atoms with Crippen molar-refractivity contribution in [3.8, 4) is 127 Å². The standard InChI is InChI=1S/C36H19N5O2S.2C33H18N4S2.3Pt/c1-2-7-31-27(5-1)28-10-8-23(36-40-30-11-9-22(21-33(30)44-36)34-38-13-15-42-34)20-32(28)41(31)26-18-24(29-6-3-4-12-37-29)17-25(19-26)35-39-14-16-43-35;1-2-13-30-27(11-1)36-32(39-30)22-14-15-24-29(20-22)37(23-8-5-7-21(19-23)26-10-3-4-16-34-26)28-12-6-9-25(31(24)28)33-35-17-18-38-33;1-2-10-31-28(9-1)36-33(39-31)23-11-13-25-26-19-22(32-35-16-17-38-32)12-14-29(26)37(30(25)20-23)24-7-5-6-21(18-24)27-8-3-4-15-34-27;;;/h1-17,19,21H;1-18H;1-17,19H;;;/q3*-2;3*+2. The predicted molar refractivity (Wildman–Crippen MR) is 494 cm³/mol. The Morgan fingerprint density at radius 1 is 0.272 bits per heavy atom. The van der Waals surface area contributed by atoms with Crippen LogP contribution in [0.2, 0.25) is 0 Å². The van der Waals surface area contributed by atoms with Crippen molar-refractivity contribution >= 4 is 153 Å². The summed E-state index contributed by atoms with van der Waals surface area (Å²) >= 11 is 8.31. The van der Waals surface area contributed by atoms with Crippen molar-refractivity contribution in [2.45, 2.75) is 0 Å². The van der Waals surface area contributed by atoms with E-state index in [2.05, 4.69) is 261 Å². The second-order valence-electron chi connectivity index (χ2n) is 28.6. The van der Waals surface area contributed by atoms with E-state index in [1.807, 2.05) is 127 Å². The molecule has 0 amide bonds. The molecule has 12 aromatic carbocycles. The first-order valence-electron chi connectivity index (χ1n) is 39.0. The van der Waals surface area contributed by atoms with Crippen molar-refractivity contribution in [2.75, 3.05) is 0 Å². The van der Waals surface area contributed by atoms with Gasteiger partial charge in [0.05, 0.1) is 28.9 Å². The van der Waals surface area contributed by atoms with E-state index < -0.39 is 0 Å². The van der Waals surface area contributed by atoms with E-state index in [1.54, 1.807) is 87.8 Å². The molecule has 0 spiro atoms. The first-order valence-corrected chi connectivity index (χ1v) is 43.2. The fourth-order valence-electron chi connectivity index (χ4n) is 15.8. The number of rotatable bonds is 13. The Hall–Kier alpha value is -13.1. The molecule has 15 nitrogen and oxygen atoms in total. The fraction of sp³-hybridized carbons (Fsp3) is 0. The van der Waals surface area contributed by atoms with Crippen molar-refractivity contribution in [1.82, 2.24) is 63.5 Å². The molecular weight excluding hydrogens is 2180 g/mol. The minimum absolute atomic E-state index is 0. The second kappa shape index (κ2) is 34.6. The van der Waals surface area contributed by atoms with Crippen LogP contribution in [0, 0.1) is 36.4 Å². The number of para-hydroxylation sites is 3. The normalized spacial score (nSPS) is 11.3. The molecule has 0 unspecified atom stereocenters. The summed E-state index contributed by atoms with van der Waals surface area (Å²) in [7, 11) is 0. The van der Waals surface area contributed by atoms with Crippen molar-refractivity contribution in [3.63, 3.8) is 0 Å². The van der Waals surface area contributed by atoms with E-state index in [1.165, 1.54) is 9.40 Å². The molecule has 0 atom stereocenters. The van der Waals surface area contributed by atoms with Gasteiger partial charge in [-0.05, 0) is 157 Å². The van der Waals surface area contributed by atoms with Gasteiger partial charge in [0.1, 0.15) is 22.5 Å². The van der Waals surface area contributed by atoms with Crippen molar-refractivity contribution in [2.24, 2.45) is 0 Å². The Labute approximate surface area is 777 Å². The Bertz CT molecular complexity index is 8170. The van der Waals surface area contributed by atoms with Gasteiger partial charge in [0.15, 0.2) is 0 Å². The first kappa shape index (κ1) is 80.3. The maximum Gasteiger partial charge on any atom is 2.00 e. The predicted octanol–water partition coefficient (Wildman–Crippen LogP) is 26.7. The number of oxazole rings is 2. The zero-order valence-corrected chi connectivity index (χ0v) is 75.8. The Morgan fingerprint density at radius 2 is 0.752 bits per heavy atom. The molecule has 0 radical (unpaired) electrons. The van der Waals surface area contributed by atoms with Gasteiger partial charge in [-0.3, -0.25) is 15.0 Å². The van der Waals surface area contributed by atoms with Crippen LogP contribution in [-0.2, 0) is 63.2 Å². The Balaban J connectivity index is 0.000000117. The number of nitrogens with zero attached hydrogens (tertiary/aromatic N) is 13. The molecule has 600 valence electrons. The second-order valence-corrected chi connectivity index (χ2v) is 33.5. The van der Waals surface area contributed by atoms with E-state index >= 15 is 0 Å². The average molecular weight is 2240 g/mol. The van der Waals surface area contributed by atoms with Gasteiger partial charge >= 0.3 is 63.2 Å². The average Bonchev–Trinajstić information content (AvgIpc) is 1.71. The van der Waals surface area contributed by atoms with Gasteiger partial charge < -0.3 is 37.5 Å². The minimum atomic E-state index is 0. The monoisotopic (exact) mass is 2240 g/mol. The van der Waals surface area contributed by atoms with Gasteiger partial charge in [0.2, 0.25) is 11.8 Å². The summed E-state index contributed by atoms with van der Waals surface area (Å²) in [4.78, 5) is 46.4. The van der Waals surface area contributed by atoms with E-state index in [0.717, 1.165) is 201 Å². The van der Waals surface area contributed by atoms with Gasteiger partial charge in [-0.15, -0.1) is 177 Å². The molecule has 125 heavy (non-hydrogen) atoms. The van der Waals surface area contributed by atoms with Gasteiger partial charge in [-0.25, -0.2) is 19.9 Å². The Morgan fingerprint density at radius 3 is 1.33 bits per heavy atom. The number of aromatic nitrogens is 13. The molecule has 0 fully saturated rings. The summed E-state index contributed by atoms with van der Waals surface area (Å²) in [5, 5.41) is 15.6. The van der Waals surface area contributed by atoms with Crippen LogP contribution in [0.4, 0.5) is 0 Å². The smallest absolute Gasteiger partial charge is 0.446 e. The number of hydrogen-bond acceptors (Lipinski definition) is 17. The summed E-state index contributed by atoms with van der Waals surface area (Å²) in [6, 6.07) is 113. The summed E-state index contributed by atoms with van der Waals surface area (Å²) in [5.74, 6) is 1.12. The Kier molecular flexibility index (Phi) is 22.2. The maximum atomic E-state index is 5.72. The quantitative estimate of drug-likeness (QED) is 0.100. The zero-order chi connectivity index (χ0) is 80.6. The summed E-state index contributed by atoms with van der Waals surface area (Å²) < 4.78 is 21.3. The third-order valence-corrected chi connectivity index (χ3v) is 26.1. The van der Waals surface area contributed by atoms with Crippen molar-refractivity contribution < 1.29 is 72.0 Å².